The van der Waals surface area contributed by atoms with Crippen molar-refractivity contribution < 1.29 is 0 Å². The Kier molecular flexibility index (Phi) is 4.78. The van der Waals surface area contributed by atoms with Crippen molar-refractivity contribution in [2.75, 3.05) is 0 Å². The average Bonchev–Trinajstić information content (AvgIpc) is 2.46. The highest BCUT2D eigenvalue weighted by Crippen LogP contribution is 2.22. The molecule has 2 unspecified atom stereocenters. The van der Waals surface area contributed by atoms with Crippen LogP contribution in [0.4, 0.5) is 0 Å². The monoisotopic (exact) mass is 242 g/mol. The van der Waals surface area contributed by atoms with Crippen molar-refractivity contribution in [2.24, 2.45) is 0 Å². The van der Waals surface area contributed by atoms with E-state index < -0.39 is 0 Å². The quantitative estimate of drug-likeness (QED) is 0.875. The van der Waals surface area contributed by atoms with Gasteiger partial charge in [-0.05, 0) is 18.4 Å². The van der Waals surface area contributed by atoms with Crippen LogP contribution in [0.3, 0.4) is 0 Å². The first-order valence-corrected chi connectivity index (χ1v) is 7.02. The minimum Gasteiger partial charge on any atom is -0.299 e. The molecular formula is C16H22N2. The Morgan fingerprint density at radius 2 is 1.83 bits per heavy atom. The number of hydrogen-bond donors (Lipinski definition) is 1. The first-order valence-electron chi connectivity index (χ1n) is 7.02. The maximum absolute atomic E-state index is 9.38. The van der Waals surface area contributed by atoms with E-state index in [0.29, 0.717) is 6.04 Å². The van der Waals surface area contributed by atoms with Gasteiger partial charge < -0.3 is 0 Å². The smallest absolute Gasteiger partial charge is 0.102 e. The van der Waals surface area contributed by atoms with Crippen molar-refractivity contribution in [2.45, 2.75) is 57.0 Å². The molecular weight excluding hydrogens is 220 g/mol. The van der Waals surface area contributed by atoms with Gasteiger partial charge in [0, 0.05) is 12.0 Å². The van der Waals surface area contributed by atoms with Crippen molar-refractivity contribution in [1.29, 1.82) is 5.26 Å². The zero-order chi connectivity index (χ0) is 12.8. The molecule has 1 aromatic carbocycles. The molecule has 0 saturated heterocycles. The second kappa shape index (κ2) is 6.56. The average molecular weight is 242 g/mol. The summed E-state index contributed by atoms with van der Waals surface area (Å²) in [6, 6.07) is 13.2. The molecule has 0 heterocycles. The molecule has 2 nitrogen and oxygen atoms in total. The third-order valence-electron chi connectivity index (χ3n) is 3.98. The molecule has 2 atom stereocenters. The minimum absolute atomic E-state index is 0.0736. The second-order valence-electron chi connectivity index (χ2n) is 5.31. The highest BCUT2D eigenvalue weighted by Gasteiger charge is 2.22. The summed E-state index contributed by atoms with van der Waals surface area (Å²) >= 11 is 0. The Balaban J connectivity index is 1.98. The second-order valence-corrected chi connectivity index (χ2v) is 5.31. The normalized spacial score (nSPS) is 20.0. The molecule has 1 N–H and O–H groups in total. The third-order valence-corrected chi connectivity index (χ3v) is 3.98. The fourth-order valence-electron chi connectivity index (χ4n) is 2.77. The lowest BCUT2D eigenvalue weighted by Gasteiger charge is -2.28. The maximum Gasteiger partial charge on any atom is 0.102 e. The van der Waals surface area contributed by atoms with Gasteiger partial charge in [0.05, 0.1) is 6.07 Å². The van der Waals surface area contributed by atoms with Crippen LogP contribution in [0.2, 0.25) is 0 Å². The summed E-state index contributed by atoms with van der Waals surface area (Å²) < 4.78 is 0. The lowest BCUT2D eigenvalue weighted by Crippen LogP contribution is -2.41. The van der Waals surface area contributed by atoms with E-state index >= 15 is 0 Å². The predicted molar refractivity (Wildman–Crippen MR) is 74.3 cm³/mol. The van der Waals surface area contributed by atoms with Crippen molar-refractivity contribution >= 4 is 0 Å². The summed E-state index contributed by atoms with van der Waals surface area (Å²) in [6.07, 6.45) is 6.40. The van der Waals surface area contributed by atoms with E-state index in [1.54, 1.807) is 0 Å². The number of benzene rings is 1. The summed E-state index contributed by atoms with van der Waals surface area (Å²) in [5, 5.41) is 12.9. The van der Waals surface area contributed by atoms with Gasteiger partial charge in [0.25, 0.3) is 0 Å². The van der Waals surface area contributed by atoms with E-state index in [1.807, 2.05) is 18.2 Å². The predicted octanol–water partition coefficient (Wildman–Crippen LogP) is 3.60. The van der Waals surface area contributed by atoms with Crippen molar-refractivity contribution in [1.82, 2.24) is 5.32 Å². The molecule has 2 heteroatoms. The SMILES string of the molecule is CC(c1ccccc1)C(C#N)NC1CCCCC1. The highest BCUT2D eigenvalue weighted by atomic mass is 15.0. The lowest BCUT2D eigenvalue weighted by atomic mass is 9.90. The van der Waals surface area contributed by atoms with E-state index in [2.05, 4.69) is 30.4 Å². The van der Waals surface area contributed by atoms with E-state index in [-0.39, 0.29) is 12.0 Å². The van der Waals surface area contributed by atoms with Crippen LogP contribution in [-0.4, -0.2) is 12.1 Å². The Bertz CT molecular complexity index is 387. The molecule has 1 aliphatic rings. The molecule has 0 spiro atoms. The van der Waals surface area contributed by atoms with Gasteiger partial charge in [0.1, 0.15) is 6.04 Å². The summed E-state index contributed by atoms with van der Waals surface area (Å²) in [4.78, 5) is 0. The zero-order valence-electron chi connectivity index (χ0n) is 11.1. The largest absolute Gasteiger partial charge is 0.299 e. The molecule has 1 fully saturated rings. The summed E-state index contributed by atoms with van der Waals surface area (Å²) in [5.41, 5.74) is 1.24. The van der Waals surface area contributed by atoms with E-state index in [1.165, 1.54) is 37.7 Å². The molecule has 1 aliphatic carbocycles. The molecule has 1 saturated carbocycles. The van der Waals surface area contributed by atoms with E-state index in [4.69, 9.17) is 0 Å². The van der Waals surface area contributed by atoms with Crippen LogP contribution in [0.15, 0.2) is 30.3 Å². The van der Waals surface area contributed by atoms with Gasteiger partial charge in [0.2, 0.25) is 0 Å². The Morgan fingerprint density at radius 1 is 1.17 bits per heavy atom. The summed E-state index contributed by atoms with van der Waals surface area (Å²) in [7, 11) is 0. The van der Waals surface area contributed by atoms with E-state index in [0.717, 1.165) is 0 Å². The maximum atomic E-state index is 9.38. The molecule has 0 bridgehead atoms. The molecule has 0 amide bonds. The molecule has 2 rings (SSSR count). The van der Waals surface area contributed by atoms with Gasteiger partial charge >= 0.3 is 0 Å². The van der Waals surface area contributed by atoms with Crippen LogP contribution in [0.25, 0.3) is 0 Å². The van der Waals surface area contributed by atoms with Crippen LogP contribution in [0, 0.1) is 11.3 Å². The number of rotatable bonds is 4. The molecule has 18 heavy (non-hydrogen) atoms. The standard InChI is InChI=1S/C16H22N2/c1-13(14-8-4-2-5-9-14)16(12-17)18-15-10-6-3-7-11-15/h2,4-5,8-9,13,15-16,18H,3,6-7,10-11H2,1H3. The summed E-state index contributed by atoms with van der Waals surface area (Å²) in [5.74, 6) is 0.248. The van der Waals surface area contributed by atoms with Crippen molar-refractivity contribution in [3.8, 4) is 6.07 Å². The van der Waals surface area contributed by atoms with Gasteiger partial charge in [-0.1, -0.05) is 56.5 Å². The highest BCUT2D eigenvalue weighted by molar-refractivity contribution is 5.23. The van der Waals surface area contributed by atoms with Gasteiger partial charge in [0.15, 0.2) is 0 Å². The fraction of sp³-hybridized carbons (Fsp3) is 0.562. The minimum atomic E-state index is -0.0736. The Morgan fingerprint density at radius 3 is 2.44 bits per heavy atom. The molecule has 0 radical (unpaired) electrons. The third kappa shape index (κ3) is 3.34. The number of hydrogen-bond acceptors (Lipinski definition) is 2. The van der Waals surface area contributed by atoms with Gasteiger partial charge in [-0.3, -0.25) is 5.32 Å². The number of nitriles is 1. The Hall–Kier alpha value is -1.33. The van der Waals surface area contributed by atoms with Crippen molar-refractivity contribution in [3.63, 3.8) is 0 Å². The van der Waals surface area contributed by atoms with Gasteiger partial charge in [-0.15, -0.1) is 0 Å². The summed E-state index contributed by atoms with van der Waals surface area (Å²) in [6.45, 7) is 2.14. The lowest BCUT2D eigenvalue weighted by molar-refractivity contribution is 0.344. The Labute approximate surface area is 110 Å². The number of nitrogens with zero attached hydrogens (tertiary/aromatic N) is 1. The first kappa shape index (κ1) is 13.1. The molecule has 96 valence electrons. The first-order chi connectivity index (χ1) is 8.81. The van der Waals surface area contributed by atoms with Crippen LogP contribution >= 0.6 is 0 Å². The van der Waals surface area contributed by atoms with Crippen LogP contribution in [0.5, 0.6) is 0 Å². The van der Waals surface area contributed by atoms with Crippen LogP contribution < -0.4 is 5.32 Å². The molecule has 1 aromatic rings. The number of nitrogens with one attached hydrogen (secondary N) is 1. The van der Waals surface area contributed by atoms with E-state index in [9.17, 15) is 5.26 Å². The fourth-order valence-corrected chi connectivity index (χ4v) is 2.77. The van der Waals surface area contributed by atoms with Crippen LogP contribution in [-0.2, 0) is 0 Å². The van der Waals surface area contributed by atoms with Crippen LogP contribution in [0.1, 0.15) is 50.5 Å². The van der Waals surface area contributed by atoms with Crippen molar-refractivity contribution in [3.05, 3.63) is 35.9 Å². The molecule has 0 aliphatic heterocycles. The topological polar surface area (TPSA) is 35.8 Å². The zero-order valence-corrected chi connectivity index (χ0v) is 11.1. The van der Waals surface area contributed by atoms with Gasteiger partial charge in [-0.25, -0.2) is 0 Å². The van der Waals surface area contributed by atoms with Gasteiger partial charge in [-0.2, -0.15) is 5.26 Å². The molecule has 0 aromatic heterocycles.